The number of halogens is 2. The quantitative estimate of drug-likeness (QED) is 0.610. The van der Waals surface area contributed by atoms with Crippen LogP contribution < -0.4 is 0 Å². The van der Waals surface area contributed by atoms with Gasteiger partial charge in [-0.05, 0) is 28.8 Å². The van der Waals surface area contributed by atoms with Gasteiger partial charge in [0, 0.05) is 20.5 Å². The van der Waals surface area contributed by atoms with Crippen LogP contribution in [0.15, 0.2) is 40.9 Å². The second-order valence-corrected chi connectivity index (χ2v) is 6.21. The van der Waals surface area contributed by atoms with Crippen molar-refractivity contribution in [3.05, 3.63) is 57.0 Å². The summed E-state index contributed by atoms with van der Waals surface area (Å²) in [6.07, 6.45) is 0. The van der Waals surface area contributed by atoms with Gasteiger partial charge in [0.05, 0.1) is 0 Å². The number of fused-ring (bicyclic) bond motifs is 3. The van der Waals surface area contributed by atoms with Gasteiger partial charge in [-0.1, -0.05) is 65.6 Å². The summed E-state index contributed by atoms with van der Waals surface area (Å²) in [5.74, 6) is 0. The molecule has 0 N–H and O–H groups in total. The van der Waals surface area contributed by atoms with Crippen molar-refractivity contribution in [2.24, 2.45) is 0 Å². The Hall–Kier alpha value is -0.790. The Kier molecular flexibility index (Phi) is 2.39. The molecule has 0 nitrogen and oxygen atoms in total. The maximum Gasteiger partial charge on any atom is 0.0453 e. The summed E-state index contributed by atoms with van der Waals surface area (Å²) in [6, 6.07) is 12.5. The van der Waals surface area contributed by atoms with Crippen molar-refractivity contribution >= 4 is 27.5 Å². The number of benzene rings is 2. The van der Waals surface area contributed by atoms with Crippen molar-refractivity contribution in [1.29, 1.82) is 0 Å². The molecule has 0 bridgehead atoms. The van der Waals surface area contributed by atoms with E-state index in [9.17, 15) is 0 Å². The Balaban J connectivity index is 2.48. The smallest absolute Gasteiger partial charge is 0.0453 e. The van der Waals surface area contributed by atoms with E-state index in [2.05, 4.69) is 54.0 Å². The molecular weight excluding hydrogens is 296 g/mol. The predicted octanol–water partition coefficient (Wildman–Crippen LogP) is 5.41. The monoisotopic (exact) mass is 306 g/mol. The molecule has 2 aromatic carbocycles. The second-order valence-electron chi connectivity index (χ2n) is 4.95. The van der Waals surface area contributed by atoms with Gasteiger partial charge >= 0.3 is 0 Å². The topological polar surface area (TPSA) is 0 Å². The highest BCUT2D eigenvalue weighted by molar-refractivity contribution is 9.10. The molecule has 0 aromatic heterocycles. The largest absolute Gasteiger partial charge is 0.0840 e. The van der Waals surface area contributed by atoms with E-state index in [0.29, 0.717) is 0 Å². The molecule has 2 aromatic rings. The zero-order valence-electron chi connectivity index (χ0n) is 9.72. The Morgan fingerprint density at radius 1 is 1.06 bits per heavy atom. The molecular formula is C15H12BrCl. The van der Waals surface area contributed by atoms with Crippen molar-refractivity contribution in [3.8, 4) is 11.1 Å². The highest BCUT2D eigenvalue weighted by Crippen LogP contribution is 2.53. The molecule has 0 spiro atoms. The lowest BCUT2D eigenvalue weighted by Crippen LogP contribution is -2.15. The number of hydrogen-bond acceptors (Lipinski definition) is 0. The minimum Gasteiger partial charge on any atom is -0.0840 e. The van der Waals surface area contributed by atoms with Gasteiger partial charge in [-0.25, -0.2) is 0 Å². The van der Waals surface area contributed by atoms with Crippen LogP contribution in [0, 0.1) is 0 Å². The summed E-state index contributed by atoms with van der Waals surface area (Å²) >= 11 is 10.0. The molecule has 1 aliphatic carbocycles. The maximum atomic E-state index is 6.40. The molecule has 0 fully saturated rings. The van der Waals surface area contributed by atoms with Crippen LogP contribution in [0.25, 0.3) is 11.1 Å². The van der Waals surface area contributed by atoms with Crippen LogP contribution in [0.4, 0.5) is 0 Å². The zero-order chi connectivity index (χ0) is 12.2. The first-order valence-electron chi connectivity index (χ1n) is 5.62. The third-order valence-electron chi connectivity index (χ3n) is 3.60. The highest BCUT2D eigenvalue weighted by Gasteiger charge is 2.37. The molecule has 0 atom stereocenters. The van der Waals surface area contributed by atoms with E-state index < -0.39 is 0 Å². The second kappa shape index (κ2) is 3.60. The Morgan fingerprint density at radius 2 is 1.76 bits per heavy atom. The van der Waals surface area contributed by atoms with E-state index in [1.54, 1.807) is 0 Å². The van der Waals surface area contributed by atoms with Gasteiger partial charge < -0.3 is 0 Å². The minimum absolute atomic E-state index is 0.0210. The van der Waals surface area contributed by atoms with E-state index in [0.717, 1.165) is 9.50 Å². The summed E-state index contributed by atoms with van der Waals surface area (Å²) < 4.78 is 1.12. The Morgan fingerprint density at radius 3 is 2.53 bits per heavy atom. The lowest BCUT2D eigenvalue weighted by molar-refractivity contribution is 0.660. The molecule has 2 heteroatoms. The van der Waals surface area contributed by atoms with Crippen LogP contribution in [0.3, 0.4) is 0 Å². The van der Waals surface area contributed by atoms with Gasteiger partial charge in [-0.3, -0.25) is 0 Å². The third-order valence-corrected chi connectivity index (χ3v) is 4.57. The fraction of sp³-hybridized carbons (Fsp3) is 0.200. The molecule has 0 amide bonds. The van der Waals surface area contributed by atoms with Gasteiger partial charge in [0.2, 0.25) is 0 Å². The molecule has 3 rings (SSSR count). The molecule has 0 saturated carbocycles. The normalized spacial score (nSPS) is 15.5. The number of hydrogen-bond donors (Lipinski definition) is 0. The standard InChI is InChI=1S/C15H12BrCl/c1-15(2)10-6-4-3-5-9(10)13-11(16)7-8-12(17)14(13)15/h3-8H,1-2H3. The van der Waals surface area contributed by atoms with Crippen LogP contribution in [-0.4, -0.2) is 0 Å². The van der Waals surface area contributed by atoms with Crippen LogP contribution in [0.2, 0.25) is 5.02 Å². The average Bonchev–Trinajstić information content (AvgIpc) is 2.55. The lowest BCUT2D eigenvalue weighted by atomic mass is 9.82. The minimum atomic E-state index is -0.0210. The van der Waals surface area contributed by atoms with Crippen LogP contribution >= 0.6 is 27.5 Å². The lowest BCUT2D eigenvalue weighted by Gasteiger charge is -2.22. The summed E-state index contributed by atoms with van der Waals surface area (Å²) in [4.78, 5) is 0. The molecule has 86 valence electrons. The van der Waals surface area contributed by atoms with Crippen molar-refractivity contribution < 1.29 is 0 Å². The van der Waals surface area contributed by atoms with Crippen molar-refractivity contribution in [2.75, 3.05) is 0 Å². The average molecular weight is 308 g/mol. The summed E-state index contributed by atoms with van der Waals surface area (Å²) in [5.41, 5.74) is 5.10. The highest BCUT2D eigenvalue weighted by atomic mass is 79.9. The first-order valence-corrected chi connectivity index (χ1v) is 6.79. The third kappa shape index (κ3) is 1.42. The van der Waals surface area contributed by atoms with Crippen LogP contribution in [0.1, 0.15) is 25.0 Å². The summed E-state index contributed by atoms with van der Waals surface area (Å²) in [5, 5.41) is 0.851. The van der Waals surface area contributed by atoms with E-state index in [1.807, 2.05) is 12.1 Å². The van der Waals surface area contributed by atoms with Crippen LogP contribution in [-0.2, 0) is 5.41 Å². The van der Waals surface area contributed by atoms with Crippen molar-refractivity contribution in [1.82, 2.24) is 0 Å². The predicted molar refractivity (Wildman–Crippen MR) is 76.7 cm³/mol. The molecule has 0 radical (unpaired) electrons. The Bertz CT molecular complexity index is 614. The van der Waals surface area contributed by atoms with Gasteiger partial charge in [0.1, 0.15) is 0 Å². The summed E-state index contributed by atoms with van der Waals surface area (Å²) in [6.45, 7) is 4.46. The van der Waals surface area contributed by atoms with Crippen LogP contribution in [0.5, 0.6) is 0 Å². The maximum absolute atomic E-state index is 6.40. The summed E-state index contributed by atoms with van der Waals surface area (Å²) in [7, 11) is 0. The van der Waals surface area contributed by atoms with Gasteiger partial charge in [0.15, 0.2) is 0 Å². The van der Waals surface area contributed by atoms with Gasteiger partial charge in [-0.15, -0.1) is 0 Å². The fourth-order valence-corrected chi connectivity index (χ4v) is 3.74. The van der Waals surface area contributed by atoms with Crippen molar-refractivity contribution in [2.45, 2.75) is 19.3 Å². The van der Waals surface area contributed by atoms with E-state index in [-0.39, 0.29) is 5.41 Å². The molecule has 17 heavy (non-hydrogen) atoms. The molecule has 0 aliphatic heterocycles. The first-order chi connectivity index (χ1) is 8.03. The van der Waals surface area contributed by atoms with Gasteiger partial charge in [0.25, 0.3) is 0 Å². The number of rotatable bonds is 0. The van der Waals surface area contributed by atoms with E-state index in [4.69, 9.17) is 11.6 Å². The first kappa shape index (κ1) is 11.3. The molecule has 1 aliphatic rings. The molecule has 0 saturated heterocycles. The zero-order valence-corrected chi connectivity index (χ0v) is 12.1. The van der Waals surface area contributed by atoms with Crippen molar-refractivity contribution in [3.63, 3.8) is 0 Å². The van der Waals surface area contributed by atoms with Gasteiger partial charge in [-0.2, -0.15) is 0 Å². The molecule has 0 unspecified atom stereocenters. The van der Waals surface area contributed by atoms with E-state index in [1.165, 1.54) is 22.3 Å². The SMILES string of the molecule is CC1(C)c2ccccc2-c2c(Br)ccc(Cl)c21. The fourth-order valence-electron chi connectivity index (χ4n) is 2.81. The Labute approximate surface area is 115 Å². The molecule has 0 heterocycles. The van der Waals surface area contributed by atoms with E-state index >= 15 is 0 Å².